The van der Waals surface area contributed by atoms with E-state index in [1.807, 2.05) is 24.3 Å². The summed E-state index contributed by atoms with van der Waals surface area (Å²) < 4.78 is 5.72. The second kappa shape index (κ2) is 7.61. The van der Waals surface area contributed by atoms with E-state index in [4.69, 9.17) is 16.3 Å². The summed E-state index contributed by atoms with van der Waals surface area (Å²) in [7, 11) is 0. The van der Waals surface area contributed by atoms with Crippen molar-refractivity contribution in [1.82, 2.24) is 10.2 Å². The molecule has 1 saturated heterocycles. The molecule has 0 unspecified atom stereocenters. The number of carbonyl (C=O) groups is 2. The second-order valence-electron chi connectivity index (χ2n) is 5.62. The Labute approximate surface area is 135 Å². The molecule has 5 nitrogen and oxygen atoms in total. The van der Waals surface area contributed by atoms with Crippen LogP contribution in [0.25, 0.3) is 0 Å². The van der Waals surface area contributed by atoms with Gasteiger partial charge >= 0.3 is 0 Å². The zero-order valence-corrected chi connectivity index (χ0v) is 13.6. The second-order valence-corrected chi connectivity index (χ2v) is 6.06. The molecule has 1 atom stereocenters. The predicted molar refractivity (Wildman–Crippen MR) is 84.6 cm³/mol. The third-order valence-electron chi connectivity index (χ3n) is 3.60. The molecule has 1 heterocycles. The first-order chi connectivity index (χ1) is 10.5. The molecule has 6 heteroatoms. The number of morpholine rings is 1. The van der Waals surface area contributed by atoms with Crippen LogP contribution in [0.4, 0.5) is 0 Å². The quantitative estimate of drug-likeness (QED) is 0.921. The van der Waals surface area contributed by atoms with Crippen LogP contribution in [0.5, 0.6) is 0 Å². The summed E-state index contributed by atoms with van der Waals surface area (Å²) in [5.74, 6) is -0.327. The molecular weight excluding hydrogens is 304 g/mol. The Hall–Kier alpha value is -1.59. The lowest BCUT2D eigenvalue weighted by molar-refractivity contribution is -0.139. The van der Waals surface area contributed by atoms with Crippen molar-refractivity contribution in [2.75, 3.05) is 26.2 Å². The SMILES string of the molecule is CC(C)C(=O)NCC(=O)N1CCO[C@H](c2ccc(Cl)cc2)C1. The van der Waals surface area contributed by atoms with Gasteiger partial charge in [-0.15, -0.1) is 0 Å². The third kappa shape index (κ3) is 4.45. The van der Waals surface area contributed by atoms with Crippen LogP contribution < -0.4 is 5.32 Å². The number of halogens is 1. The molecule has 0 bridgehead atoms. The largest absolute Gasteiger partial charge is 0.370 e. The maximum absolute atomic E-state index is 12.2. The van der Waals surface area contributed by atoms with Gasteiger partial charge in [-0.3, -0.25) is 9.59 Å². The van der Waals surface area contributed by atoms with E-state index < -0.39 is 0 Å². The normalized spacial score (nSPS) is 18.4. The molecular formula is C16H21ClN2O3. The van der Waals surface area contributed by atoms with E-state index in [-0.39, 0.29) is 30.4 Å². The lowest BCUT2D eigenvalue weighted by atomic mass is 10.1. The molecule has 2 rings (SSSR count). The summed E-state index contributed by atoms with van der Waals surface area (Å²) >= 11 is 5.88. The molecule has 22 heavy (non-hydrogen) atoms. The summed E-state index contributed by atoms with van der Waals surface area (Å²) in [6, 6.07) is 7.43. The number of carbonyl (C=O) groups excluding carboxylic acids is 2. The highest BCUT2D eigenvalue weighted by Crippen LogP contribution is 2.23. The van der Waals surface area contributed by atoms with Crippen molar-refractivity contribution in [2.24, 2.45) is 5.92 Å². The topological polar surface area (TPSA) is 58.6 Å². The Bertz CT molecular complexity index is 531. The first-order valence-corrected chi connectivity index (χ1v) is 7.77. The fourth-order valence-corrected chi connectivity index (χ4v) is 2.36. The van der Waals surface area contributed by atoms with Gasteiger partial charge in [0.25, 0.3) is 0 Å². The van der Waals surface area contributed by atoms with Crippen LogP contribution in [0, 0.1) is 5.92 Å². The molecule has 0 radical (unpaired) electrons. The van der Waals surface area contributed by atoms with Crippen molar-refractivity contribution in [2.45, 2.75) is 20.0 Å². The summed E-state index contributed by atoms with van der Waals surface area (Å²) in [6.07, 6.45) is -0.157. The Morgan fingerprint density at radius 1 is 1.36 bits per heavy atom. The first kappa shape index (κ1) is 16.8. The monoisotopic (exact) mass is 324 g/mol. The molecule has 2 amide bonds. The van der Waals surface area contributed by atoms with Crippen LogP contribution in [0.1, 0.15) is 25.5 Å². The highest BCUT2D eigenvalue weighted by Gasteiger charge is 2.25. The fourth-order valence-electron chi connectivity index (χ4n) is 2.23. The fraction of sp³-hybridized carbons (Fsp3) is 0.500. The van der Waals surface area contributed by atoms with Crippen LogP contribution in [0.15, 0.2) is 24.3 Å². The van der Waals surface area contributed by atoms with Gasteiger partial charge in [-0.2, -0.15) is 0 Å². The molecule has 120 valence electrons. The van der Waals surface area contributed by atoms with Gasteiger partial charge in [0.1, 0.15) is 6.10 Å². The van der Waals surface area contributed by atoms with Gasteiger partial charge in [-0.1, -0.05) is 37.6 Å². The van der Waals surface area contributed by atoms with Crippen molar-refractivity contribution in [3.8, 4) is 0 Å². The Balaban J connectivity index is 1.91. The number of benzene rings is 1. The van der Waals surface area contributed by atoms with E-state index in [1.54, 1.807) is 18.7 Å². The highest BCUT2D eigenvalue weighted by molar-refractivity contribution is 6.30. The predicted octanol–water partition coefficient (Wildman–Crippen LogP) is 2.01. The minimum Gasteiger partial charge on any atom is -0.370 e. The van der Waals surface area contributed by atoms with Gasteiger partial charge in [-0.05, 0) is 17.7 Å². The zero-order chi connectivity index (χ0) is 16.1. The number of nitrogens with one attached hydrogen (secondary N) is 1. The summed E-state index contributed by atoms with van der Waals surface area (Å²) in [4.78, 5) is 25.4. The average Bonchev–Trinajstić information content (AvgIpc) is 2.53. The number of ether oxygens (including phenoxy) is 1. The molecule has 0 aliphatic carbocycles. The summed E-state index contributed by atoms with van der Waals surface area (Å²) in [5, 5.41) is 3.32. The van der Waals surface area contributed by atoms with E-state index in [1.165, 1.54) is 0 Å². The molecule has 1 aromatic rings. The molecule has 1 fully saturated rings. The molecule has 1 aliphatic rings. The van der Waals surface area contributed by atoms with Gasteiger partial charge in [-0.25, -0.2) is 0 Å². The van der Waals surface area contributed by atoms with Crippen molar-refractivity contribution < 1.29 is 14.3 Å². The minimum absolute atomic E-state index is 0.0321. The highest BCUT2D eigenvalue weighted by atomic mass is 35.5. The van der Waals surface area contributed by atoms with E-state index in [0.29, 0.717) is 24.7 Å². The van der Waals surface area contributed by atoms with E-state index in [0.717, 1.165) is 5.56 Å². The number of rotatable bonds is 4. The lowest BCUT2D eigenvalue weighted by Crippen LogP contribution is -2.47. The minimum atomic E-state index is -0.157. The van der Waals surface area contributed by atoms with Gasteiger partial charge < -0.3 is 15.0 Å². The molecule has 1 aromatic carbocycles. The Morgan fingerprint density at radius 3 is 2.68 bits per heavy atom. The lowest BCUT2D eigenvalue weighted by Gasteiger charge is -2.33. The van der Waals surface area contributed by atoms with Crippen molar-refractivity contribution >= 4 is 23.4 Å². The van der Waals surface area contributed by atoms with Gasteiger partial charge in [0, 0.05) is 17.5 Å². The number of nitrogens with zero attached hydrogens (tertiary/aromatic N) is 1. The first-order valence-electron chi connectivity index (χ1n) is 7.40. The molecule has 1 aliphatic heterocycles. The smallest absolute Gasteiger partial charge is 0.242 e. The summed E-state index contributed by atoms with van der Waals surface area (Å²) in [5.41, 5.74) is 0.994. The van der Waals surface area contributed by atoms with Crippen LogP contribution in [0.2, 0.25) is 5.02 Å². The molecule has 0 saturated carbocycles. The number of amides is 2. The number of hydrogen-bond acceptors (Lipinski definition) is 3. The molecule has 1 N–H and O–H groups in total. The van der Waals surface area contributed by atoms with Crippen LogP contribution in [0.3, 0.4) is 0 Å². The van der Waals surface area contributed by atoms with Crippen LogP contribution in [-0.2, 0) is 14.3 Å². The third-order valence-corrected chi connectivity index (χ3v) is 3.85. The number of hydrogen-bond donors (Lipinski definition) is 1. The van der Waals surface area contributed by atoms with Gasteiger partial charge in [0.05, 0.1) is 19.7 Å². The average molecular weight is 325 g/mol. The van der Waals surface area contributed by atoms with Crippen molar-refractivity contribution in [1.29, 1.82) is 0 Å². The van der Waals surface area contributed by atoms with E-state index in [9.17, 15) is 9.59 Å². The maximum Gasteiger partial charge on any atom is 0.242 e. The maximum atomic E-state index is 12.2. The zero-order valence-electron chi connectivity index (χ0n) is 12.8. The molecule has 0 aromatic heterocycles. The molecule has 0 spiro atoms. The Kier molecular flexibility index (Phi) is 5.80. The van der Waals surface area contributed by atoms with Crippen molar-refractivity contribution in [3.63, 3.8) is 0 Å². The van der Waals surface area contributed by atoms with Crippen LogP contribution >= 0.6 is 11.6 Å². The van der Waals surface area contributed by atoms with Gasteiger partial charge in [0.15, 0.2) is 0 Å². The van der Waals surface area contributed by atoms with Gasteiger partial charge in [0.2, 0.25) is 11.8 Å². The Morgan fingerprint density at radius 2 is 2.05 bits per heavy atom. The van der Waals surface area contributed by atoms with E-state index in [2.05, 4.69) is 5.32 Å². The van der Waals surface area contributed by atoms with Crippen molar-refractivity contribution in [3.05, 3.63) is 34.9 Å². The summed E-state index contributed by atoms with van der Waals surface area (Å²) in [6.45, 7) is 5.14. The van der Waals surface area contributed by atoms with Crippen LogP contribution in [-0.4, -0.2) is 43.0 Å². The van der Waals surface area contributed by atoms with E-state index >= 15 is 0 Å². The standard InChI is InChI=1S/C16H21ClN2O3/c1-11(2)16(21)18-9-15(20)19-7-8-22-14(10-19)12-3-5-13(17)6-4-12/h3-6,11,14H,7-10H2,1-2H3,(H,18,21)/t14-/m0/s1.